The molecule has 0 aliphatic heterocycles. The number of thiazole rings is 1. The number of amides is 1. The second-order valence-corrected chi connectivity index (χ2v) is 5.79. The summed E-state index contributed by atoms with van der Waals surface area (Å²) < 4.78 is 14.0. The largest absolute Gasteiger partial charge is 0.312 e. The lowest BCUT2D eigenvalue weighted by Crippen LogP contribution is -2.23. The number of nitrogens with zero attached hydrogens (tertiary/aromatic N) is 2. The number of carbonyl (C=O) groups is 1. The lowest BCUT2D eigenvalue weighted by molar-refractivity contribution is -0.113. The van der Waals surface area contributed by atoms with Crippen molar-refractivity contribution in [2.45, 2.75) is 0 Å². The van der Waals surface area contributed by atoms with E-state index >= 15 is 0 Å². The number of likely N-dealkylation sites (N-methyl/N-ethyl adjacent to an activating group) is 1. The van der Waals surface area contributed by atoms with Gasteiger partial charge in [0.05, 0.1) is 10.2 Å². The predicted octanol–water partition coefficient (Wildman–Crippen LogP) is 4.11. The van der Waals surface area contributed by atoms with Gasteiger partial charge in [0.15, 0.2) is 0 Å². The molecule has 0 aliphatic carbocycles. The van der Waals surface area contributed by atoms with Crippen LogP contribution in [0.5, 0.6) is 0 Å². The van der Waals surface area contributed by atoms with Gasteiger partial charge in [0, 0.05) is 18.8 Å². The Morgan fingerprint density at radius 2 is 1.91 bits per heavy atom. The molecular formula is C17H13FN2OS. The van der Waals surface area contributed by atoms with Crippen molar-refractivity contribution in [1.82, 2.24) is 4.98 Å². The van der Waals surface area contributed by atoms with Gasteiger partial charge in [-0.1, -0.05) is 12.1 Å². The van der Waals surface area contributed by atoms with Crippen molar-refractivity contribution in [3.63, 3.8) is 0 Å². The Bertz CT molecular complexity index is 806. The van der Waals surface area contributed by atoms with Crippen LogP contribution in [0.4, 0.5) is 10.1 Å². The van der Waals surface area contributed by atoms with Gasteiger partial charge in [0.2, 0.25) is 0 Å². The monoisotopic (exact) mass is 312 g/mol. The molecule has 3 nitrogen and oxygen atoms in total. The fourth-order valence-corrected chi connectivity index (χ4v) is 2.88. The van der Waals surface area contributed by atoms with Gasteiger partial charge < -0.3 is 4.90 Å². The van der Waals surface area contributed by atoms with Gasteiger partial charge in [-0.25, -0.2) is 9.37 Å². The third-order valence-corrected chi connectivity index (χ3v) is 4.23. The Hall–Kier alpha value is -2.53. The average Bonchev–Trinajstić information content (AvgIpc) is 2.95. The molecule has 0 fully saturated rings. The van der Waals surface area contributed by atoms with E-state index in [9.17, 15) is 9.18 Å². The molecule has 0 saturated carbocycles. The lowest BCUT2D eigenvalue weighted by Gasteiger charge is -2.14. The minimum Gasteiger partial charge on any atom is -0.312 e. The number of aromatic nitrogens is 1. The number of fused-ring (bicyclic) bond motifs is 1. The highest BCUT2D eigenvalue weighted by molar-refractivity contribution is 7.19. The molecule has 0 bridgehead atoms. The summed E-state index contributed by atoms with van der Waals surface area (Å²) in [4.78, 5) is 18.0. The summed E-state index contributed by atoms with van der Waals surface area (Å²) in [6, 6.07) is 13.6. The SMILES string of the molecule is CN(C(=O)/C=C/c1nc2ccccc2s1)c1ccc(F)cc1. The van der Waals surface area contributed by atoms with Crippen LogP contribution < -0.4 is 4.90 Å². The summed E-state index contributed by atoms with van der Waals surface area (Å²) in [5, 5.41) is 0.780. The fourth-order valence-electron chi connectivity index (χ4n) is 2.01. The summed E-state index contributed by atoms with van der Waals surface area (Å²) in [5.41, 5.74) is 1.56. The first-order valence-electron chi connectivity index (χ1n) is 6.70. The van der Waals surface area contributed by atoms with Crippen molar-refractivity contribution in [2.75, 3.05) is 11.9 Å². The van der Waals surface area contributed by atoms with Gasteiger partial charge in [-0.2, -0.15) is 0 Å². The molecule has 0 unspecified atom stereocenters. The molecule has 0 aliphatic rings. The van der Waals surface area contributed by atoms with E-state index in [4.69, 9.17) is 0 Å². The number of para-hydroxylation sites is 1. The van der Waals surface area contributed by atoms with Crippen molar-refractivity contribution >= 4 is 39.2 Å². The van der Waals surface area contributed by atoms with Crippen molar-refractivity contribution in [2.24, 2.45) is 0 Å². The van der Waals surface area contributed by atoms with Gasteiger partial charge >= 0.3 is 0 Å². The van der Waals surface area contributed by atoms with Crippen molar-refractivity contribution in [1.29, 1.82) is 0 Å². The maximum Gasteiger partial charge on any atom is 0.250 e. The fraction of sp³-hybridized carbons (Fsp3) is 0.0588. The molecule has 1 aromatic heterocycles. The highest BCUT2D eigenvalue weighted by atomic mass is 32.1. The Morgan fingerprint density at radius 3 is 2.64 bits per heavy atom. The lowest BCUT2D eigenvalue weighted by atomic mass is 10.3. The summed E-state index contributed by atoms with van der Waals surface area (Å²) in [6.07, 6.45) is 3.17. The molecule has 0 spiro atoms. The number of rotatable bonds is 3. The van der Waals surface area contributed by atoms with Gasteiger partial charge in [0.25, 0.3) is 5.91 Å². The van der Waals surface area contributed by atoms with Gasteiger partial charge in [-0.3, -0.25) is 4.79 Å². The topological polar surface area (TPSA) is 33.2 Å². The van der Waals surface area contributed by atoms with E-state index in [0.29, 0.717) is 5.69 Å². The van der Waals surface area contributed by atoms with E-state index in [1.165, 1.54) is 34.4 Å². The highest BCUT2D eigenvalue weighted by Crippen LogP contribution is 2.22. The average molecular weight is 312 g/mol. The first kappa shape index (κ1) is 14.4. The zero-order chi connectivity index (χ0) is 15.5. The Morgan fingerprint density at radius 1 is 1.18 bits per heavy atom. The first-order chi connectivity index (χ1) is 10.6. The van der Waals surface area contributed by atoms with Crippen molar-refractivity contribution in [3.8, 4) is 0 Å². The molecule has 110 valence electrons. The summed E-state index contributed by atoms with van der Waals surface area (Å²) >= 11 is 1.53. The van der Waals surface area contributed by atoms with Crippen LogP contribution in [0.3, 0.4) is 0 Å². The Labute approximate surface area is 131 Å². The number of benzene rings is 2. The normalized spacial score (nSPS) is 11.2. The third-order valence-electron chi connectivity index (χ3n) is 3.22. The quantitative estimate of drug-likeness (QED) is 0.682. The minimum absolute atomic E-state index is 0.189. The van der Waals surface area contributed by atoms with Gasteiger partial charge in [-0.05, 0) is 42.5 Å². The smallest absolute Gasteiger partial charge is 0.250 e. The molecule has 22 heavy (non-hydrogen) atoms. The maximum atomic E-state index is 12.9. The highest BCUT2D eigenvalue weighted by Gasteiger charge is 2.08. The molecule has 2 aromatic carbocycles. The summed E-state index contributed by atoms with van der Waals surface area (Å²) in [6.45, 7) is 0. The van der Waals surface area contributed by atoms with Crippen molar-refractivity contribution in [3.05, 3.63) is 65.4 Å². The zero-order valence-electron chi connectivity index (χ0n) is 11.9. The second kappa shape index (κ2) is 6.07. The molecule has 1 heterocycles. The zero-order valence-corrected chi connectivity index (χ0v) is 12.7. The number of hydrogen-bond donors (Lipinski definition) is 0. The number of hydrogen-bond acceptors (Lipinski definition) is 3. The third kappa shape index (κ3) is 3.04. The van der Waals surface area contributed by atoms with Crippen LogP contribution >= 0.6 is 11.3 Å². The second-order valence-electron chi connectivity index (χ2n) is 4.73. The van der Waals surface area contributed by atoms with Crippen LogP contribution in [0.1, 0.15) is 5.01 Å². The Balaban J connectivity index is 1.76. The van der Waals surface area contributed by atoms with E-state index in [1.54, 1.807) is 25.3 Å². The standard InChI is InChI=1S/C17H13FN2OS/c1-20(13-8-6-12(18)7-9-13)17(21)11-10-16-19-14-4-2-3-5-15(14)22-16/h2-11H,1H3/b11-10+. The van der Waals surface area contributed by atoms with Crippen LogP contribution in [0.2, 0.25) is 0 Å². The molecule has 0 atom stereocenters. The summed E-state index contributed by atoms with van der Waals surface area (Å²) in [7, 11) is 1.65. The molecule has 0 N–H and O–H groups in total. The van der Waals surface area contributed by atoms with Crippen LogP contribution in [-0.2, 0) is 4.79 Å². The number of anilines is 1. The van der Waals surface area contributed by atoms with Crippen LogP contribution in [-0.4, -0.2) is 17.9 Å². The Kier molecular flexibility index (Phi) is 3.98. The minimum atomic E-state index is -0.324. The molecule has 5 heteroatoms. The van der Waals surface area contributed by atoms with Gasteiger partial charge in [-0.15, -0.1) is 11.3 Å². The van der Waals surface area contributed by atoms with Crippen LogP contribution in [0.25, 0.3) is 16.3 Å². The molecular weight excluding hydrogens is 299 g/mol. The first-order valence-corrected chi connectivity index (χ1v) is 7.52. The molecule has 0 saturated heterocycles. The molecule has 3 aromatic rings. The van der Waals surface area contributed by atoms with E-state index in [-0.39, 0.29) is 11.7 Å². The van der Waals surface area contributed by atoms with E-state index in [1.807, 2.05) is 24.3 Å². The van der Waals surface area contributed by atoms with E-state index in [0.717, 1.165) is 15.2 Å². The maximum absolute atomic E-state index is 12.9. The summed E-state index contributed by atoms with van der Waals surface area (Å²) in [5.74, 6) is -0.513. The predicted molar refractivity (Wildman–Crippen MR) is 88.5 cm³/mol. The van der Waals surface area contributed by atoms with E-state index < -0.39 is 0 Å². The number of carbonyl (C=O) groups excluding carboxylic acids is 1. The van der Waals surface area contributed by atoms with Crippen LogP contribution in [0.15, 0.2) is 54.6 Å². The van der Waals surface area contributed by atoms with Crippen LogP contribution in [0, 0.1) is 5.82 Å². The number of halogens is 1. The van der Waals surface area contributed by atoms with Gasteiger partial charge in [0.1, 0.15) is 10.8 Å². The molecule has 3 rings (SSSR count). The molecule has 0 radical (unpaired) electrons. The molecule has 1 amide bonds. The van der Waals surface area contributed by atoms with E-state index in [2.05, 4.69) is 4.98 Å². The van der Waals surface area contributed by atoms with Crippen molar-refractivity contribution < 1.29 is 9.18 Å².